The topological polar surface area (TPSA) is 3.24 Å². The first kappa shape index (κ1) is 38.7. The Hall–Kier alpha value is -8.00. The van der Waals surface area contributed by atoms with Gasteiger partial charge in [0, 0.05) is 22.5 Å². The summed E-state index contributed by atoms with van der Waals surface area (Å²) in [6.45, 7) is 4.70. The molecule has 2 aliphatic rings. The molecule has 308 valence electrons. The maximum Gasteiger partial charge on any atom is 0.0713 e. The summed E-state index contributed by atoms with van der Waals surface area (Å²) >= 11 is 0. The second kappa shape index (κ2) is 15.4. The highest BCUT2D eigenvalue weighted by Crippen LogP contribution is 2.57. The maximum absolute atomic E-state index is 2.45. The molecule has 10 aromatic carbocycles. The van der Waals surface area contributed by atoms with Crippen molar-refractivity contribution >= 4 is 17.1 Å². The van der Waals surface area contributed by atoms with Crippen LogP contribution in [0.4, 0.5) is 17.1 Å². The van der Waals surface area contributed by atoms with Crippen LogP contribution >= 0.6 is 0 Å². The van der Waals surface area contributed by atoms with Crippen LogP contribution in [0.1, 0.15) is 47.2 Å². The molecule has 2 aliphatic carbocycles. The van der Waals surface area contributed by atoms with E-state index in [1.54, 1.807) is 0 Å². The first-order valence-corrected chi connectivity index (χ1v) is 22.7. The Morgan fingerprint density at radius 3 is 1.11 bits per heavy atom. The summed E-state index contributed by atoms with van der Waals surface area (Å²) in [5.41, 5.74) is 23.3. The third kappa shape index (κ3) is 6.22. The molecule has 0 spiro atoms. The summed E-state index contributed by atoms with van der Waals surface area (Å²) in [7, 11) is 0. The molecule has 1 nitrogen and oxygen atoms in total. The van der Waals surface area contributed by atoms with Gasteiger partial charge in [0.2, 0.25) is 0 Å². The zero-order valence-electron chi connectivity index (χ0n) is 36.6. The summed E-state index contributed by atoms with van der Waals surface area (Å²) in [5.74, 6) is 0. The monoisotopic (exact) mass is 829 g/mol. The van der Waals surface area contributed by atoms with Crippen LogP contribution in [0, 0.1) is 0 Å². The molecule has 0 unspecified atom stereocenters. The van der Waals surface area contributed by atoms with E-state index in [9.17, 15) is 0 Å². The summed E-state index contributed by atoms with van der Waals surface area (Å²) in [4.78, 5) is 2.37. The molecule has 0 N–H and O–H groups in total. The Morgan fingerprint density at radius 2 is 0.600 bits per heavy atom. The Kier molecular flexibility index (Phi) is 9.14. The molecule has 0 saturated heterocycles. The Morgan fingerprint density at radius 1 is 0.262 bits per heavy atom. The smallest absolute Gasteiger partial charge is 0.0713 e. The van der Waals surface area contributed by atoms with Crippen molar-refractivity contribution in [3.8, 4) is 55.6 Å². The lowest BCUT2D eigenvalue weighted by Gasteiger charge is -2.34. The third-order valence-corrected chi connectivity index (χ3v) is 14.2. The standard InChI is InChI=1S/C64H47N/c1-63(2)59-24-14-12-22-55(59)57-40-32-48(42-61(57)63)46-28-36-53(37-29-46)65(52-34-26-45(27-35-52)44-16-6-3-7-17-44)54-38-30-47(31-39-54)49-33-41-58-56-23-13-15-25-60(56)64(62(58)43-49,50-18-8-4-9-19-50)51-20-10-5-11-21-51/h3-43H,1-2H3. The molecule has 0 heterocycles. The van der Waals surface area contributed by atoms with Crippen molar-refractivity contribution in [1.29, 1.82) is 0 Å². The largest absolute Gasteiger partial charge is 0.311 e. The minimum Gasteiger partial charge on any atom is -0.311 e. The second-order valence-electron chi connectivity index (χ2n) is 18.1. The SMILES string of the molecule is CC1(C)c2ccccc2-c2ccc(-c3ccc(N(c4ccc(-c5ccccc5)cc4)c4ccc(-c5ccc6c(c5)C(c5ccccc5)(c5ccccc5)c5ccccc5-6)cc4)cc3)cc21. The van der Waals surface area contributed by atoms with E-state index in [1.807, 2.05) is 0 Å². The fourth-order valence-corrected chi connectivity index (χ4v) is 11.0. The van der Waals surface area contributed by atoms with Crippen molar-refractivity contribution in [3.63, 3.8) is 0 Å². The van der Waals surface area contributed by atoms with E-state index in [4.69, 9.17) is 0 Å². The molecule has 0 atom stereocenters. The molecule has 1 heteroatoms. The molecule has 0 aromatic heterocycles. The summed E-state index contributed by atoms with van der Waals surface area (Å²) < 4.78 is 0. The van der Waals surface area contributed by atoms with Crippen LogP contribution in [0.2, 0.25) is 0 Å². The Balaban J connectivity index is 0.932. The van der Waals surface area contributed by atoms with Crippen molar-refractivity contribution in [1.82, 2.24) is 0 Å². The lowest BCUT2D eigenvalue weighted by Crippen LogP contribution is -2.28. The van der Waals surface area contributed by atoms with Gasteiger partial charge in [-0.3, -0.25) is 0 Å². The normalized spacial score (nSPS) is 13.6. The van der Waals surface area contributed by atoms with Gasteiger partial charge in [0.25, 0.3) is 0 Å². The van der Waals surface area contributed by atoms with Gasteiger partial charge in [0.15, 0.2) is 0 Å². The first-order chi connectivity index (χ1) is 32.0. The van der Waals surface area contributed by atoms with Crippen LogP contribution in [0.3, 0.4) is 0 Å². The van der Waals surface area contributed by atoms with Gasteiger partial charge in [-0.2, -0.15) is 0 Å². The van der Waals surface area contributed by atoms with Crippen LogP contribution in [0.5, 0.6) is 0 Å². The molecule has 0 bridgehead atoms. The van der Waals surface area contributed by atoms with Crippen molar-refractivity contribution in [2.75, 3.05) is 4.90 Å². The van der Waals surface area contributed by atoms with E-state index in [0.717, 1.165) is 17.1 Å². The number of nitrogens with zero attached hydrogens (tertiary/aromatic N) is 1. The van der Waals surface area contributed by atoms with E-state index in [2.05, 4.69) is 267 Å². The number of rotatable bonds is 8. The van der Waals surface area contributed by atoms with Gasteiger partial charge in [-0.15, -0.1) is 0 Å². The van der Waals surface area contributed by atoms with Crippen molar-refractivity contribution in [3.05, 3.63) is 282 Å². The third-order valence-electron chi connectivity index (χ3n) is 14.2. The molecule has 0 radical (unpaired) electrons. The van der Waals surface area contributed by atoms with Crippen LogP contribution in [0.25, 0.3) is 55.6 Å². The number of fused-ring (bicyclic) bond motifs is 6. The minimum atomic E-state index is -0.444. The summed E-state index contributed by atoms with van der Waals surface area (Å²) in [6, 6.07) is 91.8. The van der Waals surface area contributed by atoms with Crippen molar-refractivity contribution in [2.45, 2.75) is 24.7 Å². The van der Waals surface area contributed by atoms with Gasteiger partial charge < -0.3 is 4.90 Å². The van der Waals surface area contributed by atoms with Gasteiger partial charge in [-0.05, 0) is 138 Å². The van der Waals surface area contributed by atoms with E-state index >= 15 is 0 Å². The molecular weight excluding hydrogens is 783 g/mol. The molecule has 0 amide bonds. The average Bonchev–Trinajstić information content (AvgIpc) is 3.80. The summed E-state index contributed by atoms with van der Waals surface area (Å²) in [5, 5.41) is 0. The van der Waals surface area contributed by atoms with Crippen LogP contribution in [-0.2, 0) is 10.8 Å². The number of hydrogen-bond acceptors (Lipinski definition) is 1. The zero-order valence-corrected chi connectivity index (χ0v) is 36.6. The highest BCUT2D eigenvalue weighted by Gasteiger charge is 2.46. The molecular formula is C64H47N. The van der Waals surface area contributed by atoms with Crippen LogP contribution in [0.15, 0.2) is 249 Å². The van der Waals surface area contributed by atoms with E-state index < -0.39 is 5.41 Å². The van der Waals surface area contributed by atoms with Gasteiger partial charge in [0.1, 0.15) is 0 Å². The van der Waals surface area contributed by atoms with Gasteiger partial charge in [-0.1, -0.05) is 214 Å². The van der Waals surface area contributed by atoms with Gasteiger partial charge >= 0.3 is 0 Å². The quantitative estimate of drug-likeness (QED) is 0.147. The molecule has 0 saturated carbocycles. The number of benzene rings is 10. The summed E-state index contributed by atoms with van der Waals surface area (Å²) in [6.07, 6.45) is 0. The Bertz CT molecular complexity index is 3310. The highest BCUT2D eigenvalue weighted by molar-refractivity contribution is 5.89. The predicted octanol–water partition coefficient (Wildman–Crippen LogP) is 16.8. The second-order valence-corrected chi connectivity index (χ2v) is 18.1. The van der Waals surface area contributed by atoms with Crippen LogP contribution in [-0.4, -0.2) is 0 Å². The maximum atomic E-state index is 2.45. The molecule has 0 aliphatic heterocycles. The van der Waals surface area contributed by atoms with E-state index in [-0.39, 0.29) is 5.41 Å². The Labute approximate surface area is 382 Å². The number of hydrogen-bond donors (Lipinski definition) is 0. The number of anilines is 3. The average molecular weight is 830 g/mol. The highest BCUT2D eigenvalue weighted by atomic mass is 15.1. The lowest BCUT2D eigenvalue weighted by molar-refractivity contribution is 0.660. The zero-order chi connectivity index (χ0) is 43.5. The molecule has 65 heavy (non-hydrogen) atoms. The predicted molar refractivity (Wildman–Crippen MR) is 272 cm³/mol. The fourth-order valence-electron chi connectivity index (χ4n) is 11.0. The molecule has 10 aromatic rings. The van der Waals surface area contributed by atoms with Gasteiger partial charge in [-0.25, -0.2) is 0 Å². The van der Waals surface area contributed by atoms with Crippen LogP contribution < -0.4 is 4.90 Å². The van der Waals surface area contributed by atoms with Crippen molar-refractivity contribution < 1.29 is 0 Å². The van der Waals surface area contributed by atoms with Gasteiger partial charge in [0.05, 0.1) is 5.41 Å². The van der Waals surface area contributed by atoms with E-state index in [0.29, 0.717) is 0 Å². The molecule has 0 fully saturated rings. The van der Waals surface area contributed by atoms with E-state index in [1.165, 1.54) is 89.0 Å². The first-order valence-electron chi connectivity index (χ1n) is 22.7. The lowest BCUT2D eigenvalue weighted by atomic mass is 9.67. The van der Waals surface area contributed by atoms with Crippen molar-refractivity contribution in [2.24, 2.45) is 0 Å². The molecule has 12 rings (SSSR count). The fraction of sp³-hybridized carbons (Fsp3) is 0.0625. The minimum absolute atomic E-state index is 0.0472.